The van der Waals surface area contributed by atoms with Crippen LogP contribution in [0.4, 0.5) is 4.79 Å². The molecular weight excluding hydrogens is 268 g/mol. The van der Waals surface area contributed by atoms with Gasteiger partial charge in [-0.3, -0.25) is 4.89 Å². The third kappa shape index (κ3) is 5.68. The lowest BCUT2D eigenvalue weighted by Crippen LogP contribution is -2.14. The molecular formula is C13H16O7. The number of hydrogen-bond donors (Lipinski definition) is 0. The molecule has 0 aliphatic rings. The molecule has 0 heterocycles. The first-order chi connectivity index (χ1) is 9.52. The first kappa shape index (κ1) is 15.9. The number of carbonyl (C=O) groups is 2. The summed E-state index contributed by atoms with van der Waals surface area (Å²) in [5.74, 6) is -0.776. The number of ether oxygens (including phenoxy) is 2. The van der Waals surface area contributed by atoms with Crippen LogP contribution in [0.25, 0.3) is 0 Å². The molecule has 0 radical (unpaired) electrons. The van der Waals surface area contributed by atoms with Gasteiger partial charge in [0, 0.05) is 7.11 Å². The van der Waals surface area contributed by atoms with Crippen LogP contribution in [-0.2, 0) is 24.3 Å². The molecule has 0 fully saturated rings. The van der Waals surface area contributed by atoms with Gasteiger partial charge in [0.1, 0.15) is 6.61 Å². The van der Waals surface area contributed by atoms with Gasteiger partial charge >= 0.3 is 12.1 Å². The van der Waals surface area contributed by atoms with Crippen LogP contribution in [0.2, 0.25) is 0 Å². The average Bonchev–Trinajstić information content (AvgIpc) is 2.37. The van der Waals surface area contributed by atoms with E-state index in [1.54, 1.807) is 12.1 Å². The molecule has 0 saturated heterocycles. The van der Waals surface area contributed by atoms with Gasteiger partial charge in [-0.05, 0) is 26.0 Å². The molecule has 0 atom stereocenters. The number of rotatable bonds is 6. The van der Waals surface area contributed by atoms with E-state index in [0.29, 0.717) is 5.56 Å². The highest BCUT2D eigenvalue weighted by atomic mass is 17.5. The van der Waals surface area contributed by atoms with Crippen LogP contribution >= 0.6 is 0 Å². The van der Waals surface area contributed by atoms with E-state index < -0.39 is 12.1 Å². The third-order valence-corrected chi connectivity index (χ3v) is 2.18. The van der Waals surface area contributed by atoms with Gasteiger partial charge in [-0.25, -0.2) is 14.5 Å². The molecule has 0 unspecified atom stereocenters. The maximum absolute atomic E-state index is 11.6. The van der Waals surface area contributed by atoms with Crippen LogP contribution in [0, 0.1) is 13.8 Å². The van der Waals surface area contributed by atoms with E-state index in [2.05, 4.69) is 24.3 Å². The van der Waals surface area contributed by atoms with Crippen LogP contribution in [-0.4, -0.2) is 32.4 Å². The van der Waals surface area contributed by atoms with Crippen molar-refractivity contribution in [3.05, 3.63) is 34.9 Å². The monoisotopic (exact) mass is 284 g/mol. The number of hydrogen-bond acceptors (Lipinski definition) is 7. The predicted octanol–water partition coefficient (Wildman–Crippen LogP) is 2.11. The van der Waals surface area contributed by atoms with Crippen molar-refractivity contribution in [1.29, 1.82) is 0 Å². The average molecular weight is 284 g/mol. The Hall–Kier alpha value is -2.12. The summed E-state index contributed by atoms with van der Waals surface area (Å²) in [5.41, 5.74) is 2.09. The quantitative estimate of drug-likeness (QED) is 0.342. The zero-order valence-electron chi connectivity index (χ0n) is 11.5. The second kappa shape index (κ2) is 8.13. The summed E-state index contributed by atoms with van der Waals surface area (Å²) in [7, 11) is 1.46. The lowest BCUT2D eigenvalue weighted by atomic mass is 10.1. The predicted molar refractivity (Wildman–Crippen MR) is 66.7 cm³/mol. The van der Waals surface area contributed by atoms with Crippen LogP contribution < -0.4 is 0 Å². The fourth-order valence-corrected chi connectivity index (χ4v) is 1.45. The minimum Gasteiger partial charge on any atom is -0.430 e. The van der Waals surface area contributed by atoms with Gasteiger partial charge in [0.05, 0.1) is 17.2 Å². The fraction of sp³-hybridized carbons (Fsp3) is 0.385. The fourth-order valence-electron chi connectivity index (χ4n) is 1.45. The number of carbonyl (C=O) groups excluding carboxylic acids is 2. The Balaban J connectivity index is 2.34. The molecule has 0 N–H and O–H groups in total. The summed E-state index contributed by atoms with van der Waals surface area (Å²) in [5, 5.41) is 4.06. The number of aryl methyl sites for hydroxylation is 2. The maximum atomic E-state index is 11.6. The van der Waals surface area contributed by atoms with E-state index in [9.17, 15) is 9.59 Å². The van der Waals surface area contributed by atoms with Crippen molar-refractivity contribution in [2.45, 2.75) is 13.8 Å². The molecule has 1 aromatic rings. The van der Waals surface area contributed by atoms with Crippen molar-refractivity contribution in [2.24, 2.45) is 0 Å². The number of benzene rings is 1. The first-order valence-electron chi connectivity index (χ1n) is 5.82. The smallest absolute Gasteiger partial charge is 0.430 e. The van der Waals surface area contributed by atoms with E-state index >= 15 is 0 Å². The number of methoxy groups -OCH3 is 1. The maximum Gasteiger partial charge on any atom is 0.543 e. The molecule has 1 aromatic carbocycles. The molecule has 0 amide bonds. The summed E-state index contributed by atoms with van der Waals surface area (Å²) in [6, 6.07) is 5.15. The normalized spacial score (nSPS) is 9.95. The Bertz CT molecular complexity index is 450. The summed E-state index contributed by atoms with van der Waals surface area (Å²) < 4.78 is 9.16. The standard InChI is InChI=1S/C13H16O7/c1-9-6-10(2)8-11(7-9)12(14)18-20-19-13(15)17-5-4-16-3/h6-8H,4-5H2,1-3H3. The Labute approximate surface area is 116 Å². The molecule has 7 heteroatoms. The lowest BCUT2D eigenvalue weighted by Gasteiger charge is -2.05. The van der Waals surface area contributed by atoms with Crippen molar-refractivity contribution in [2.75, 3.05) is 20.3 Å². The largest absolute Gasteiger partial charge is 0.543 e. The summed E-state index contributed by atoms with van der Waals surface area (Å²) in [6.45, 7) is 3.91. The Morgan fingerprint density at radius 1 is 1.00 bits per heavy atom. The molecule has 0 aliphatic carbocycles. The Morgan fingerprint density at radius 2 is 1.65 bits per heavy atom. The van der Waals surface area contributed by atoms with E-state index in [4.69, 9.17) is 0 Å². The topological polar surface area (TPSA) is 80.3 Å². The molecule has 0 saturated carbocycles. The van der Waals surface area contributed by atoms with Gasteiger partial charge in [-0.1, -0.05) is 17.2 Å². The van der Waals surface area contributed by atoms with Gasteiger partial charge in [0.15, 0.2) is 0 Å². The van der Waals surface area contributed by atoms with Crippen molar-refractivity contribution in [3.63, 3.8) is 0 Å². The summed E-state index contributed by atoms with van der Waals surface area (Å²) >= 11 is 0. The Kier molecular flexibility index (Phi) is 6.48. The van der Waals surface area contributed by atoms with Gasteiger partial charge < -0.3 is 9.47 Å². The highest BCUT2D eigenvalue weighted by Gasteiger charge is 2.12. The summed E-state index contributed by atoms with van der Waals surface area (Å²) in [6.07, 6.45) is -1.13. The summed E-state index contributed by atoms with van der Waals surface area (Å²) in [4.78, 5) is 30.9. The molecule has 20 heavy (non-hydrogen) atoms. The molecule has 7 nitrogen and oxygen atoms in total. The van der Waals surface area contributed by atoms with Crippen LogP contribution in [0.5, 0.6) is 0 Å². The van der Waals surface area contributed by atoms with Crippen molar-refractivity contribution < 1.29 is 33.9 Å². The van der Waals surface area contributed by atoms with Crippen LogP contribution in [0.15, 0.2) is 18.2 Å². The minimum absolute atomic E-state index is 0.00368. The third-order valence-electron chi connectivity index (χ3n) is 2.18. The van der Waals surface area contributed by atoms with E-state index in [-0.39, 0.29) is 13.2 Å². The van der Waals surface area contributed by atoms with E-state index in [1.165, 1.54) is 7.11 Å². The zero-order valence-corrected chi connectivity index (χ0v) is 11.5. The molecule has 110 valence electrons. The highest BCUT2D eigenvalue weighted by Crippen LogP contribution is 2.10. The van der Waals surface area contributed by atoms with Crippen molar-refractivity contribution in [3.8, 4) is 0 Å². The second-order valence-electron chi connectivity index (χ2n) is 3.99. The van der Waals surface area contributed by atoms with Gasteiger partial charge in [-0.2, -0.15) is 0 Å². The lowest BCUT2D eigenvalue weighted by molar-refractivity contribution is -0.452. The van der Waals surface area contributed by atoms with Crippen LogP contribution in [0.3, 0.4) is 0 Å². The molecule has 0 spiro atoms. The van der Waals surface area contributed by atoms with Gasteiger partial charge in [0.25, 0.3) is 0 Å². The first-order valence-corrected chi connectivity index (χ1v) is 5.82. The molecule has 0 aliphatic heterocycles. The SMILES string of the molecule is COCCOC(=O)OOOC(=O)c1cc(C)cc(C)c1. The Morgan fingerprint density at radius 3 is 2.25 bits per heavy atom. The molecule has 1 rings (SSSR count). The second-order valence-corrected chi connectivity index (χ2v) is 3.99. The van der Waals surface area contributed by atoms with Gasteiger partial charge in [0.2, 0.25) is 0 Å². The van der Waals surface area contributed by atoms with E-state index in [1.807, 2.05) is 19.9 Å². The highest BCUT2D eigenvalue weighted by molar-refractivity contribution is 5.89. The minimum atomic E-state index is -1.13. The van der Waals surface area contributed by atoms with E-state index in [0.717, 1.165) is 11.1 Å². The van der Waals surface area contributed by atoms with Crippen LogP contribution in [0.1, 0.15) is 21.5 Å². The molecule has 0 aromatic heterocycles. The van der Waals surface area contributed by atoms with Crippen molar-refractivity contribution in [1.82, 2.24) is 0 Å². The zero-order chi connectivity index (χ0) is 15.0. The van der Waals surface area contributed by atoms with Gasteiger partial charge in [-0.15, -0.1) is 0 Å². The molecule has 0 bridgehead atoms. The van der Waals surface area contributed by atoms with Crippen molar-refractivity contribution >= 4 is 12.1 Å².